The lowest BCUT2D eigenvalue weighted by Gasteiger charge is -2.39. The minimum Gasteiger partial charge on any atom is -0.383 e. The number of amides is 1. The summed E-state index contributed by atoms with van der Waals surface area (Å²) in [5.41, 5.74) is -0.865. The maximum Gasteiger partial charge on any atom is 0.240 e. The summed E-state index contributed by atoms with van der Waals surface area (Å²) in [5.74, 6) is 0.298. The molecular weight excluding hydrogens is 266 g/mol. The number of fused-ring (bicyclic) bond motifs is 2. The van der Waals surface area contributed by atoms with E-state index >= 15 is 0 Å². The molecule has 3 rings (SSSR count). The van der Waals surface area contributed by atoms with Crippen LogP contribution in [0.1, 0.15) is 44.9 Å². The number of methoxy groups -OCH3 is 1. The minimum atomic E-state index is -0.865. The molecule has 2 unspecified atom stereocenters. The van der Waals surface area contributed by atoms with Gasteiger partial charge in [-0.3, -0.25) is 9.59 Å². The van der Waals surface area contributed by atoms with Crippen molar-refractivity contribution in [3.05, 3.63) is 12.2 Å². The first-order chi connectivity index (χ1) is 10.2. The van der Waals surface area contributed by atoms with Crippen molar-refractivity contribution in [3.8, 4) is 0 Å². The van der Waals surface area contributed by atoms with Gasteiger partial charge in [0.1, 0.15) is 5.41 Å². The van der Waals surface area contributed by atoms with E-state index in [9.17, 15) is 9.59 Å². The number of nitrogens with zero attached hydrogens (tertiary/aromatic N) is 1. The molecule has 1 aliphatic heterocycles. The Bertz CT molecular complexity index is 459. The van der Waals surface area contributed by atoms with E-state index in [2.05, 4.69) is 6.08 Å². The molecule has 0 aromatic carbocycles. The van der Waals surface area contributed by atoms with Gasteiger partial charge in [-0.25, -0.2) is 0 Å². The molecule has 4 nitrogen and oxygen atoms in total. The average molecular weight is 291 g/mol. The van der Waals surface area contributed by atoms with Gasteiger partial charge >= 0.3 is 0 Å². The molecule has 1 saturated heterocycles. The van der Waals surface area contributed by atoms with Gasteiger partial charge in [-0.1, -0.05) is 18.6 Å². The number of rotatable bonds is 3. The summed E-state index contributed by atoms with van der Waals surface area (Å²) in [6, 6.07) is 0.140. The van der Waals surface area contributed by atoms with Crippen LogP contribution in [-0.4, -0.2) is 42.9 Å². The standard InChI is InChI=1S/C17H25NO3/c1-21-12-14-8-5-11-18(14)16(20)17-9-3-2-6-13(15(17)19)7-4-10-17/h3,9,13-14H,2,4-8,10-12H2,1H3/t13?,14-,17?/m0/s1. The molecule has 0 radical (unpaired) electrons. The largest absolute Gasteiger partial charge is 0.383 e. The number of hydrogen-bond donors (Lipinski definition) is 0. The Morgan fingerprint density at radius 2 is 2.24 bits per heavy atom. The predicted octanol–water partition coefficient (Wildman–Crippen LogP) is 2.33. The zero-order chi connectivity index (χ0) is 14.9. The van der Waals surface area contributed by atoms with Gasteiger partial charge in [0.2, 0.25) is 5.91 Å². The highest BCUT2D eigenvalue weighted by molar-refractivity contribution is 6.09. The zero-order valence-corrected chi connectivity index (χ0v) is 12.8. The smallest absolute Gasteiger partial charge is 0.240 e. The van der Waals surface area contributed by atoms with Gasteiger partial charge in [-0.2, -0.15) is 0 Å². The third-order valence-corrected chi connectivity index (χ3v) is 5.40. The van der Waals surface area contributed by atoms with Crippen LogP contribution in [0.2, 0.25) is 0 Å². The van der Waals surface area contributed by atoms with Crippen molar-refractivity contribution >= 4 is 11.7 Å². The topological polar surface area (TPSA) is 46.6 Å². The maximum absolute atomic E-state index is 13.2. The van der Waals surface area contributed by atoms with E-state index in [1.807, 2.05) is 11.0 Å². The first-order valence-electron chi connectivity index (χ1n) is 8.21. The van der Waals surface area contributed by atoms with Crippen LogP contribution in [0.15, 0.2) is 12.2 Å². The number of Topliss-reactive ketones (excluding diaryl/α,β-unsaturated/α-hetero) is 1. The lowest BCUT2D eigenvalue weighted by atomic mass is 9.67. The number of ether oxygens (including phenoxy) is 1. The molecule has 21 heavy (non-hydrogen) atoms. The van der Waals surface area contributed by atoms with Gasteiger partial charge in [-0.15, -0.1) is 0 Å². The number of carbonyl (C=O) groups excluding carboxylic acids is 2. The number of carbonyl (C=O) groups is 2. The van der Waals surface area contributed by atoms with E-state index in [0.29, 0.717) is 13.0 Å². The van der Waals surface area contributed by atoms with Gasteiger partial charge in [-0.05, 0) is 38.5 Å². The van der Waals surface area contributed by atoms with Crippen molar-refractivity contribution in [1.82, 2.24) is 4.90 Å². The molecule has 0 aromatic heterocycles. The molecule has 0 spiro atoms. The molecule has 2 aliphatic carbocycles. The monoisotopic (exact) mass is 291 g/mol. The van der Waals surface area contributed by atoms with E-state index in [0.717, 1.165) is 45.1 Å². The number of allylic oxidation sites excluding steroid dienone is 1. The van der Waals surface area contributed by atoms with Crippen LogP contribution < -0.4 is 0 Å². The first kappa shape index (κ1) is 14.8. The Balaban J connectivity index is 1.88. The van der Waals surface area contributed by atoms with Crippen molar-refractivity contribution in [3.63, 3.8) is 0 Å². The molecule has 0 N–H and O–H groups in total. The van der Waals surface area contributed by atoms with Crippen molar-refractivity contribution in [2.45, 2.75) is 51.0 Å². The van der Waals surface area contributed by atoms with Gasteiger partial charge in [0, 0.05) is 19.6 Å². The van der Waals surface area contributed by atoms with Crippen LogP contribution in [0, 0.1) is 11.3 Å². The SMILES string of the molecule is COC[C@@H]1CCCN1C(=O)C12C=CCCC(CCC1)C2=O. The second-order valence-electron chi connectivity index (χ2n) is 6.65. The summed E-state index contributed by atoms with van der Waals surface area (Å²) in [6.07, 6.45) is 10.4. The summed E-state index contributed by atoms with van der Waals surface area (Å²) in [6.45, 7) is 1.34. The second-order valence-corrected chi connectivity index (χ2v) is 6.65. The predicted molar refractivity (Wildman–Crippen MR) is 79.8 cm³/mol. The van der Waals surface area contributed by atoms with Crippen molar-refractivity contribution in [1.29, 1.82) is 0 Å². The Morgan fingerprint density at radius 3 is 3.05 bits per heavy atom. The summed E-state index contributed by atoms with van der Waals surface area (Å²) in [7, 11) is 1.67. The van der Waals surface area contributed by atoms with Crippen molar-refractivity contribution in [2.75, 3.05) is 20.3 Å². The molecule has 2 fully saturated rings. The number of ketones is 1. The molecule has 1 heterocycles. The molecular formula is C17H25NO3. The lowest BCUT2D eigenvalue weighted by molar-refractivity contribution is -0.151. The Kier molecular flexibility index (Phi) is 4.16. The van der Waals surface area contributed by atoms with Crippen LogP contribution >= 0.6 is 0 Å². The molecule has 1 amide bonds. The first-order valence-corrected chi connectivity index (χ1v) is 8.21. The summed E-state index contributed by atoms with van der Waals surface area (Å²) >= 11 is 0. The van der Waals surface area contributed by atoms with Gasteiger partial charge in [0.25, 0.3) is 0 Å². The third-order valence-electron chi connectivity index (χ3n) is 5.40. The van der Waals surface area contributed by atoms with Gasteiger partial charge < -0.3 is 9.64 Å². The zero-order valence-electron chi connectivity index (χ0n) is 12.8. The van der Waals surface area contributed by atoms with Gasteiger partial charge in [0.05, 0.1) is 12.6 Å². The minimum absolute atomic E-state index is 0.0369. The highest BCUT2D eigenvalue weighted by Gasteiger charge is 2.52. The maximum atomic E-state index is 13.2. The van der Waals surface area contributed by atoms with Crippen LogP contribution in [0.4, 0.5) is 0 Å². The summed E-state index contributed by atoms with van der Waals surface area (Å²) in [4.78, 5) is 28.0. The Morgan fingerprint density at radius 1 is 1.38 bits per heavy atom. The fourth-order valence-corrected chi connectivity index (χ4v) is 4.28. The van der Waals surface area contributed by atoms with E-state index in [1.165, 1.54) is 0 Å². The highest BCUT2D eigenvalue weighted by Crippen LogP contribution is 2.43. The molecule has 0 aromatic rings. The van der Waals surface area contributed by atoms with E-state index in [1.54, 1.807) is 7.11 Å². The molecule has 3 atom stereocenters. The highest BCUT2D eigenvalue weighted by atomic mass is 16.5. The van der Waals surface area contributed by atoms with Crippen molar-refractivity contribution in [2.24, 2.45) is 11.3 Å². The van der Waals surface area contributed by atoms with E-state index in [4.69, 9.17) is 4.74 Å². The average Bonchev–Trinajstić information content (AvgIpc) is 2.92. The molecule has 2 bridgehead atoms. The quantitative estimate of drug-likeness (QED) is 0.592. The van der Waals surface area contributed by atoms with E-state index < -0.39 is 5.41 Å². The Hall–Kier alpha value is -1.16. The van der Waals surface area contributed by atoms with Crippen LogP contribution in [0.3, 0.4) is 0 Å². The molecule has 1 saturated carbocycles. The molecule has 4 heteroatoms. The second kappa shape index (κ2) is 5.91. The van der Waals surface area contributed by atoms with Crippen molar-refractivity contribution < 1.29 is 14.3 Å². The van der Waals surface area contributed by atoms with Crippen LogP contribution in [0.25, 0.3) is 0 Å². The lowest BCUT2D eigenvalue weighted by Crippen LogP contribution is -2.53. The number of likely N-dealkylation sites (tertiary alicyclic amines) is 1. The Labute approximate surface area is 126 Å². The fraction of sp³-hybridized carbons (Fsp3) is 0.765. The third kappa shape index (κ3) is 2.44. The fourth-order valence-electron chi connectivity index (χ4n) is 4.28. The van der Waals surface area contributed by atoms with Crippen LogP contribution in [-0.2, 0) is 14.3 Å². The van der Waals surface area contributed by atoms with E-state index in [-0.39, 0.29) is 23.7 Å². The molecule has 116 valence electrons. The normalized spacial score (nSPS) is 35.9. The summed E-state index contributed by atoms with van der Waals surface area (Å²) in [5, 5.41) is 0. The van der Waals surface area contributed by atoms with Crippen LogP contribution in [0.5, 0.6) is 0 Å². The van der Waals surface area contributed by atoms with Gasteiger partial charge in [0.15, 0.2) is 5.78 Å². The summed E-state index contributed by atoms with van der Waals surface area (Å²) < 4.78 is 5.25. The number of hydrogen-bond acceptors (Lipinski definition) is 3. The molecule has 3 aliphatic rings.